The number of thiophene rings is 1. The number of nitrogens with one attached hydrogen (secondary N) is 1. The third-order valence-electron chi connectivity index (χ3n) is 4.10. The van der Waals surface area contributed by atoms with Crippen molar-refractivity contribution < 1.29 is 0 Å². The number of aromatic nitrogens is 3. The molecule has 3 aromatic heterocycles. The molecule has 0 amide bonds. The van der Waals surface area contributed by atoms with E-state index in [1.54, 1.807) is 17.1 Å². The van der Waals surface area contributed by atoms with Gasteiger partial charge in [-0.3, -0.25) is 9.36 Å². The summed E-state index contributed by atoms with van der Waals surface area (Å²) in [5.41, 5.74) is 3.46. The Balaban J connectivity index is 1.97. The maximum absolute atomic E-state index is 13.1. The van der Waals surface area contributed by atoms with Crippen LogP contribution in [0.4, 0.5) is 5.69 Å². The summed E-state index contributed by atoms with van der Waals surface area (Å²) in [6.45, 7) is 8.33. The third-order valence-corrected chi connectivity index (χ3v) is 5.18. The largest absolute Gasteiger partial charge is 0.380 e. The lowest BCUT2D eigenvalue weighted by atomic mass is 10.1. The molecule has 1 aromatic carbocycles. The topological polar surface area (TPSA) is 59.8 Å². The molecule has 0 aliphatic carbocycles. The molecule has 0 fully saturated rings. The van der Waals surface area contributed by atoms with Crippen molar-refractivity contribution in [2.24, 2.45) is 0 Å². The number of hydrogen-bond acceptors (Lipinski definition) is 5. The Kier molecular flexibility index (Phi) is 3.80. The fraction of sp³-hybridized carbons (Fsp3) is 0.250. The van der Waals surface area contributed by atoms with E-state index < -0.39 is 0 Å². The molecule has 132 valence electrons. The first-order valence-corrected chi connectivity index (χ1v) is 9.29. The first-order chi connectivity index (χ1) is 12.3. The third kappa shape index (κ3) is 2.86. The lowest BCUT2D eigenvalue weighted by Gasteiger charge is -2.22. The number of fused-ring (bicyclic) bond motifs is 3. The molecule has 0 saturated heterocycles. The van der Waals surface area contributed by atoms with Gasteiger partial charge in [-0.15, -0.1) is 11.3 Å². The monoisotopic (exact) mass is 364 g/mol. The molecule has 3 heterocycles. The maximum Gasteiger partial charge on any atom is 0.275 e. The molecular weight excluding hydrogens is 344 g/mol. The Labute approximate surface area is 155 Å². The Morgan fingerprint density at radius 2 is 1.81 bits per heavy atom. The normalized spacial score (nSPS) is 12.0. The summed E-state index contributed by atoms with van der Waals surface area (Å²) in [6.07, 6.45) is 3.37. The minimum absolute atomic E-state index is 0.0661. The predicted octanol–water partition coefficient (Wildman–Crippen LogP) is 4.51. The van der Waals surface area contributed by atoms with Gasteiger partial charge in [-0.25, -0.2) is 9.97 Å². The summed E-state index contributed by atoms with van der Waals surface area (Å²) in [7, 11) is 0. The number of benzene rings is 1. The van der Waals surface area contributed by atoms with Crippen LogP contribution < -0.4 is 10.9 Å². The number of aryl methyl sites for hydroxylation is 1. The highest BCUT2D eigenvalue weighted by Crippen LogP contribution is 2.35. The molecule has 0 atom stereocenters. The van der Waals surface area contributed by atoms with E-state index >= 15 is 0 Å². The zero-order valence-corrected chi connectivity index (χ0v) is 16.0. The van der Waals surface area contributed by atoms with E-state index in [1.165, 1.54) is 11.3 Å². The molecule has 0 bridgehead atoms. The van der Waals surface area contributed by atoms with Crippen molar-refractivity contribution >= 4 is 37.5 Å². The predicted molar refractivity (Wildman–Crippen MR) is 109 cm³/mol. The molecule has 6 heteroatoms. The van der Waals surface area contributed by atoms with Crippen LogP contribution in [-0.4, -0.2) is 20.1 Å². The average molecular weight is 364 g/mol. The van der Waals surface area contributed by atoms with Crippen molar-refractivity contribution in [3.05, 3.63) is 58.8 Å². The lowest BCUT2D eigenvalue weighted by Crippen LogP contribution is -2.26. The van der Waals surface area contributed by atoms with Gasteiger partial charge in [-0.1, -0.05) is 17.7 Å². The van der Waals surface area contributed by atoms with Gasteiger partial charge in [0.1, 0.15) is 15.9 Å². The van der Waals surface area contributed by atoms with Crippen molar-refractivity contribution in [1.82, 2.24) is 14.5 Å². The van der Waals surface area contributed by atoms with Gasteiger partial charge in [0.05, 0.1) is 16.6 Å². The quantitative estimate of drug-likeness (QED) is 0.568. The lowest BCUT2D eigenvalue weighted by molar-refractivity contribution is 0.635. The molecule has 1 N–H and O–H groups in total. The van der Waals surface area contributed by atoms with Crippen LogP contribution in [0.3, 0.4) is 0 Å². The van der Waals surface area contributed by atoms with Gasteiger partial charge >= 0.3 is 0 Å². The zero-order chi connectivity index (χ0) is 18.5. The van der Waals surface area contributed by atoms with Crippen LogP contribution in [0.1, 0.15) is 26.3 Å². The number of nitrogens with zero attached hydrogens (tertiary/aromatic N) is 3. The second kappa shape index (κ2) is 5.92. The minimum Gasteiger partial charge on any atom is -0.380 e. The Hall–Kier alpha value is -2.73. The zero-order valence-electron chi connectivity index (χ0n) is 15.2. The summed E-state index contributed by atoms with van der Waals surface area (Å²) >= 11 is 1.39. The minimum atomic E-state index is -0.0978. The maximum atomic E-state index is 13.1. The summed E-state index contributed by atoms with van der Waals surface area (Å²) in [5, 5.41) is 4.40. The summed E-state index contributed by atoms with van der Waals surface area (Å²) in [6, 6.07) is 9.78. The molecule has 4 rings (SSSR count). The van der Waals surface area contributed by atoms with Gasteiger partial charge in [0.2, 0.25) is 0 Å². The van der Waals surface area contributed by atoms with Crippen LogP contribution >= 0.6 is 11.3 Å². The Morgan fingerprint density at radius 3 is 2.50 bits per heavy atom. The molecular formula is C20H20N4OS. The highest BCUT2D eigenvalue weighted by Gasteiger charge is 2.18. The molecule has 4 aromatic rings. The van der Waals surface area contributed by atoms with Crippen molar-refractivity contribution in [3.8, 4) is 5.69 Å². The van der Waals surface area contributed by atoms with Crippen LogP contribution in [0, 0.1) is 6.92 Å². The van der Waals surface area contributed by atoms with Gasteiger partial charge in [-0.05, 0) is 45.9 Å². The van der Waals surface area contributed by atoms with E-state index in [-0.39, 0.29) is 11.1 Å². The average Bonchev–Trinajstić information content (AvgIpc) is 2.96. The molecule has 0 spiro atoms. The van der Waals surface area contributed by atoms with E-state index in [0.717, 1.165) is 27.2 Å². The van der Waals surface area contributed by atoms with Crippen molar-refractivity contribution in [1.29, 1.82) is 0 Å². The summed E-state index contributed by atoms with van der Waals surface area (Å²) in [5.74, 6) is 0. The Morgan fingerprint density at radius 1 is 1.08 bits per heavy atom. The van der Waals surface area contributed by atoms with Gasteiger partial charge in [0.15, 0.2) is 0 Å². The van der Waals surface area contributed by atoms with E-state index in [2.05, 4.69) is 36.1 Å². The molecule has 0 radical (unpaired) electrons. The second-order valence-electron chi connectivity index (χ2n) is 7.45. The van der Waals surface area contributed by atoms with Crippen LogP contribution in [0.25, 0.3) is 26.1 Å². The van der Waals surface area contributed by atoms with Gasteiger partial charge in [0.25, 0.3) is 5.56 Å². The van der Waals surface area contributed by atoms with Gasteiger partial charge in [0, 0.05) is 17.4 Å². The van der Waals surface area contributed by atoms with Crippen LogP contribution in [0.2, 0.25) is 0 Å². The van der Waals surface area contributed by atoms with Crippen LogP contribution in [0.5, 0.6) is 0 Å². The standard InChI is InChI=1S/C20H20N4OS/c1-12-5-7-13(8-6-12)24-11-22-16-15-14(23-20(2,3)4)9-10-21-18(15)26-17(16)19(24)25/h5-11H,1-4H3,(H,21,23). The summed E-state index contributed by atoms with van der Waals surface area (Å²) in [4.78, 5) is 23.0. The van der Waals surface area contributed by atoms with Crippen molar-refractivity contribution in [2.45, 2.75) is 33.2 Å². The van der Waals surface area contributed by atoms with Gasteiger partial charge < -0.3 is 5.32 Å². The molecule has 0 aliphatic heterocycles. The van der Waals surface area contributed by atoms with E-state index in [4.69, 9.17) is 0 Å². The molecule has 0 saturated carbocycles. The van der Waals surface area contributed by atoms with E-state index in [1.807, 2.05) is 37.3 Å². The number of hydrogen-bond donors (Lipinski definition) is 1. The highest BCUT2D eigenvalue weighted by atomic mass is 32.1. The summed E-state index contributed by atoms with van der Waals surface area (Å²) < 4.78 is 2.22. The SMILES string of the molecule is Cc1ccc(-n2cnc3c(sc4nccc(NC(C)(C)C)c43)c2=O)cc1. The molecule has 5 nitrogen and oxygen atoms in total. The first-order valence-electron chi connectivity index (χ1n) is 8.47. The molecule has 0 aliphatic rings. The fourth-order valence-electron chi connectivity index (χ4n) is 2.95. The van der Waals surface area contributed by atoms with E-state index in [0.29, 0.717) is 10.2 Å². The number of anilines is 1. The molecule has 26 heavy (non-hydrogen) atoms. The van der Waals surface area contributed by atoms with Crippen molar-refractivity contribution in [2.75, 3.05) is 5.32 Å². The Bertz CT molecular complexity index is 1170. The number of rotatable bonds is 2. The van der Waals surface area contributed by atoms with E-state index in [9.17, 15) is 4.79 Å². The molecule has 0 unspecified atom stereocenters. The fourth-order valence-corrected chi connectivity index (χ4v) is 4.00. The van der Waals surface area contributed by atoms with Crippen LogP contribution in [0.15, 0.2) is 47.7 Å². The smallest absolute Gasteiger partial charge is 0.275 e. The van der Waals surface area contributed by atoms with Gasteiger partial charge in [-0.2, -0.15) is 0 Å². The van der Waals surface area contributed by atoms with Crippen LogP contribution in [-0.2, 0) is 0 Å². The highest BCUT2D eigenvalue weighted by molar-refractivity contribution is 7.25. The number of pyridine rings is 1. The second-order valence-corrected chi connectivity index (χ2v) is 8.45. The van der Waals surface area contributed by atoms with Crippen molar-refractivity contribution in [3.63, 3.8) is 0 Å². The first kappa shape index (κ1) is 16.7.